The van der Waals surface area contributed by atoms with Gasteiger partial charge in [0.15, 0.2) is 0 Å². The van der Waals surface area contributed by atoms with Crippen LogP contribution < -0.4 is 0 Å². The Morgan fingerprint density at radius 3 is 1.93 bits per heavy atom. The van der Waals surface area contributed by atoms with Crippen LogP contribution in [-0.2, 0) is 0 Å². The molecule has 0 aromatic carbocycles. The summed E-state index contributed by atoms with van der Waals surface area (Å²) in [7, 11) is 0. The van der Waals surface area contributed by atoms with Gasteiger partial charge in [0.25, 0.3) is 0 Å². The second kappa shape index (κ2) is 5.16. The van der Waals surface area contributed by atoms with E-state index in [1.165, 1.54) is 25.7 Å². The highest BCUT2D eigenvalue weighted by molar-refractivity contribution is 4.92. The fourth-order valence-electron chi connectivity index (χ4n) is 3.17. The summed E-state index contributed by atoms with van der Waals surface area (Å²) in [5.41, 5.74) is 0.274. The van der Waals surface area contributed by atoms with Gasteiger partial charge in [-0.25, -0.2) is 0 Å². The molecular weight excluding hydrogens is 172 g/mol. The molecule has 1 heteroatoms. The van der Waals surface area contributed by atoms with Crippen LogP contribution in [0.3, 0.4) is 0 Å². The summed E-state index contributed by atoms with van der Waals surface area (Å²) < 4.78 is 0. The molecule has 0 aromatic rings. The maximum atomic E-state index is 10.5. The van der Waals surface area contributed by atoms with Gasteiger partial charge < -0.3 is 5.11 Å². The molecule has 1 fully saturated rings. The van der Waals surface area contributed by atoms with Gasteiger partial charge in [-0.15, -0.1) is 0 Å². The Labute approximate surface area is 88.9 Å². The molecule has 1 atom stereocenters. The van der Waals surface area contributed by atoms with Crippen molar-refractivity contribution in [2.75, 3.05) is 0 Å². The van der Waals surface area contributed by atoms with Crippen molar-refractivity contribution < 1.29 is 5.11 Å². The second-order valence-electron chi connectivity index (χ2n) is 4.94. The van der Waals surface area contributed by atoms with Crippen LogP contribution in [0.2, 0.25) is 0 Å². The Morgan fingerprint density at radius 1 is 1.07 bits per heavy atom. The molecule has 14 heavy (non-hydrogen) atoms. The van der Waals surface area contributed by atoms with Crippen LogP contribution in [-0.4, -0.2) is 11.2 Å². The quantitative estimate of drug-likeness (QED) is 0.713. The van der Waals surface area contributed by atoms with E-state index in [0.717, 1.165) is 19.3 Å². The van der Waals surface area contributed by atoms with Gasteiger partial charge in [-0.2, -0.15) is 0 Å². The highest BCUT2D eigenvalue weighted by Gasteiger charge is 2.41. The van der Waals surface area contributed by atoms with Crippen LogP contribution in [0.4, 0.5) is 0 Å². The lowest BCUT2D eigenvalue weighted by Gasteiger charge is -2.37. The Kier molecular flexibility index (Phi) is 4.43. The molecule has 0 aliphatic heterocycles. The first-order chi connectivity index (χ1) is 6.70. The topological polar surface area (TPSA) is 20.2 Å². The zero-order valence-corrected chi connectivity index (χ0v) is 10.1. The number of hydrogen-bond donors (Lipinski definition) is 1. The van der Waals surface area contributed by atoms with E-state index in [4.69, 9.17) is 0 Å². The van der Waals surface area contributed by atoms with Crippen molar-refractivity contribution >= 4 is 0 Å². The largest absolute Gasteiger partial charge is 0.392 e. The normalized spacial score (nSPS) is 22.9. The van der Waals surface area contributed by atoms with Crippen molar-refractivity contribution in [3.05, 3.63) is 0 Å². The Hall–Kier alpha value is -0.0400. The molecule has 0 heterocycles. The Morgan fingerprint density at radius 2 is 1.57 bits per heavy atom. The maximum Gasteiger partial charge on any atom is 0.0624 e. The zero-order chi connectivity index (χ0) is 10.6. The molecule has 84 valence electrons. The third kappa shape index (κ3) is 2.13. The Balaban J connectivity index is 2.67. The van der Waals surface area contributed by atoms with E-state index in [1.54, 1.807) is 0 Å². The predicted molar refractivity (Wildman–Crippen MR) is 61.3 cm³/mol. The summed E-state index contributed by atoms with van der Waals surface area (Å²) in [6.45, 7) is 6.66. The summed E-state index contributed by atoms with van der Waals surface area (Å²) >= 11 is 0. The van der Waals surface area contributed by atoms with Crippen molar-refractivity contribution in [3.63, 3.8) is 0 Å². The minimum Gasteiger partial charge on any atom is -0.392 e. The second-order valence-corrected chi connectivity index (χ2v) is 4.94. The van der Waals surface area contributed by atoms with E-state index in [9.17, 15) is 5.11 Å². The number of aliphatic hydroxyl groups excluding tert-OH is 1. The maximum absolute atomic E-state index is 10.5. The van der Waals surface area contributed by atoms with Crippen LogP contribution in [0.15, 0.2) is 0 Å². The smallest absolute Gasteiger partial charge is 0.0624 e. The molecule has 0 bridgehead atoms. The van der Waals surface area contributed by atoms with Crippen molar-refractivity contribution in [2.45, 2.75) is 71.8 Å². The van der Waals surface area contributed by atoms with Gasteiger partial charge in [0.05, 0.1) is 6.10 Å². The molecule has 1 nitrogen and oxygen atoms in total. The highest BCUT2D eigenvalue weighted by atomic mass is 16.3. The van der Waals surface area contributed by atoms with Crippen molar-refractivity contribution in [2.24, 2.45) is 11.3 Å². The molecule has 1 rings (SSSR count). The average molecular weight is 198 g/mol. The predicted octanol–water partition coefficient (Wildman–Crippen LogP) is 3.75. The molecule has 1 aliphatic rings. The summed E-state index contributed by atoms with van der Waals surface area (Å²) in [6.07, 6.45) is 8.51. The summed E-state index contributed by atoms with van der Waals surface area (Å²) in [6, 6.07) is 0. The van der Waals surface area contributed by atoms with Gasteiger partial charge in [0, 0.05) is 0 Å². The molecular formula is C13H26O. The highest BCUT2D eigenvalue weighted by Crippen LogP contribution is 2.46. The van der Waals surface area contributed by atoms with Gasteiger partial charge in [0.1, 0.15) is 0 Å². The van der Waals surface area contributed by atoms with Gasteiger partial charge in [-0.1, -0.05) is 46.5 Å². The minimum atomic E-state index is -0.0509. The lowest BCUT2D eigenvalue weighted by Crippen LogP contribution is -2.37. The van der Waals surface area contributed by atoms with E-state index >= 15 is 0 Å². The molecule has 0 spiro atoms. The van der Waals surface area contributed by atoms with Gasteiger partial charge in [-0.05, 0) is 30.6 Å². The van der Waals surface area contributed by atoms with Crippen molar-refractivity contribution in [1.82, 2.24) is 0 Å². The lowest BCUT2D eigenvalue weighted by atomic mass is 9.72. The first-order valence-corrected chi connectivity index (χ1v) is 6.38. The SMILES string of the molecule is CCC(CC)C(O)C1(CC)CCCC1. The van der Waals surface area contributed by atoms with E-state index in [2.05, 4.69) is 20.8 Å². The first-order valence-electron chi connectivity index (χ1n) is 6.38. The van der Waals surface area contributed by atoms with Crippen LogP contribution in [0.5, 0.6) is 0 Å². The van der Waals surface area contributed by atoms with Crippen LogP contribution >= 0.6 is 0 Å². The molecule has 0 radical (unpaired) electrons. The molecule has 1 aliphatic carbocycles. The van der Waals surface area contributed by atoms with E-state index in [1.807, 2.05) is 0 Å². The van der Waals surface area contributed by atoms with Crippen molar-refractivity contribution in [1.29, 1.82) is 0 Å². The summed E-state index contributed by atoms with van der Waals surface area (Å²) in [5, 5.41) is 10.5. The van der Waals surface area contributed by atoms with E-state index in [-0.39, 0.29) is 11.5 Å². The minimum absolute atomic E-state index is 0.0509. The molecule has 0 aromatic heterocycles. The average Bonchev–Trinajstić information content (AvgIpc) is 2.69. The third-order valence-corrected chi connectivity index (χ3v) is 4.43. The fraction of sp³-hybridized carbons (Fsp3) is 1.00. The standard InChI is InChI=1S/C13H26O/c1-4-11(5-2)12(14)13(6-3)9-7-8-10-13/h11-12,14H,4-10H2,1-3H3. The van der Waals surface area contributed by atoms with Crippen LogP contribution in [0.1, 0.15) is 65.7 Å². The molecule has 0 amide bonds. The number of aliphatic hydroxyl groups is 1. The van der Waals surface area contributed by atoms with Gasteiger partial charge in [0.2, 0.25) is 0 Å². The third-order valence-electron chi connectivity index (χ3n) is 4.43. The number of rotatable bonds is 5. The lowest BCUT2D eigenvalue weighted by molar-refractivity contribution is -0.0218. The van der Waals surface area contributed by atoms with Gasteiger partial charge in [-0.3, -0.25) is 0 Å². The molecule has 1 saturated carbocycles. The zero-order valence-electron chi connectivity index (χ0n) is 10.1. The van der Waals surface area contributed by atoms with Crippen LogP contribution in [0, 0.1) is 11.3 Å². The van der Waals surface area contributed by atoms with E-state index < -0.39 is 0 Å². The molecule has 0 saturated heterocycles. The van der Waals surface area contributed by atoms with Gasteiger partial charge >= 0.3 is 0 Å². The first kappa shape index (κ1) is 12.0. The Bertz CT molecular complexity index is 155. The van der Waals surface area contributed by atoms with Crippen LogP contribution in [0.25, 0.3) is 0 Å². The van der Waals surface area contributed by atoms with E-state index in [0.29, 0.717) is 5.92 Å². The summed E-state index contributed by atoms with van der Waals surface area (Å²) in [4.78, 5) is 0. The number of hydrogen-bond acceptors (Lipinski definition) is 1. The molecule has 1 N–H and O–H groups in total. The monoisotopic (exact) mass is 198 g/mol. The van der Waals surface area contributed by atoms with Crippen molar-refractivity contribution in [3.8, 4) is 0 Å². The summed E-state index contributed by atoms with van der Waals surface area (Å²) in [5.74, 6) is 0.521. The fourth-order valence-corrected chi connectivity index (χ4v) is 3.17. The molecule has 1 unspecified atom stereocenters.